The molecule has 0 aromatic rings. The fraction of sp³-hybridized carbons (Fsp3) is 0.800. The molecule has 0 aliphatic carbocycles. The quantitative estimate of drug-likeness (QED) is 0.437. The maximum Gasteiger partial charge on any atom is 0.323 e. The van der Waals surface area contributed by atoms with E-state index >= 15 is 0 Å². The Morgan fingerprint density at radius 2 is 2.56 bits per heavy atom. The van der Waals surface area contributed by atoms with Crippen LogP contribution in [0.5, 0.6) is 0 Å². The monoisotopic (exact) mass is 129 g/mol. The van der Waals surface area contributed by atoms with Crippen LogP contribution >= 0.6 is 0 Å². The SMILES string of the molecule is O=C(O)[C@H]1NCC2OC21. The van der Waals surface area contributed by atoms with Crippen molar-refractivity contribution < 1.29 is 14.6 Å². The van der Waals surface area contributed by atoms with Gasteiger partial charge in [0, 0.05) is 6.54 Å². The van der Waals surface area contributed by atoms with Crippen molar-refractivity contribution in [3.05, 3.63) is 0 Å². The zero-order valence-corrected chi connectivity index (χ0v) is 4.70. The van der Waals surface area contributed by atoms with Crippen LogP contribution in [0.2, 0.25) is 0 Å². The Labute approximate surface area is 51.8 Å². The van der Waals surface area contributed by atoms with Crippen LogP contribution < -0.4 is 5.32 Å². The van der Waals surface area contributed by atoms with Crippen molar-refractivity contribution in [3.8, 4) is 0 Å². The highest BCUT2D eigenvalue weighted by Gasteiger charge is 2.53. The third-order valence-corrected chi connectivity index (χ3v) is 1.76. The smallest absolute Gasteiger partial charge is 0.323 e. The Bertz CT molecular complexity index is 158. The number of hydrogen-bond donors (Lipinski definition) is 2. The molecule has 0 amide bonds. The fourth-order valence-electron chi connectivity index (χ4n) is 1.20. The summed E-state index contributed by atoms with van der Waals surface area (Å²) in [5.41, 5.74) is 0. The van der Waals surface area contributed by atoms with E-state index in [-0.39, 0.29) is 12.2 Å². The molecule has 0 saturated carbocycles. The molecule has 3 atom stereocenters. The summed E-state index contributed by atoms with van der Waals surface area (Å²) in [6, 6.07) is -0.449. The van der Waals surface area contributed by atoms with Gasteiger partial charge in [0.05, 0.1) is 6.10 Å². The fourth-order valence-corrected chi connectivity index (χ4v) is 1.20. The van der Waals surface area contributed by atoms with Gasteiger partial charge in [-0.3, -0.25) is 10.1 Å². The minimum absolute atomic E-state index is 0.0394. The molecular formula is C5H7NO3. The van der Waals surface area contributed by atoms with E-state index in [1.807, 2.05) is 0 Å². The van der Waals surface area contributed by atoms with E-state index in [2.05, 4.69) is 5.32 Å². The molecule has 0 bridgehead atoms. The van der Waals surface area contributed by atoms with Gasteiger partial charge in [0.25, 0.3) is 0 Å². The lowest BCUT2D eigenvalue weighted by atomic mass is 10.2. The topological polar surface area (TPSA) is 61.9 Å². The lowest BCUT2D eigenvalue weighted by Gasteiger charge is -2.03. The summed E-state index contributed by atoms with van der Waals surface area (Å²) in [6.45, 7) is 0.696. The van der Waals surface area contributed by atoms with Crippen molar-refractivity contribution in [2.45, 2.75) is 18.2 Å². The van der Waals surface area contributed by atoms with Crippen LogP contribution in [-0.2, 0) is 9.53 Å². The first-order valence-electron chi connectivity index (χ1n) is 2.90. The Hall–Kier alpha value is -0.610. The Morgan fingerprint density at radius 3 is 2.78 bits per heavy atom. The number of carboxylic acids is 1. The minimum Gasteiger partial charge on any atom is -0.480 e. The van der Waals surface area contributed by atoms with E-state index in [0.717, 1.165) is 0 Å². The predicted molar refractivity (Wildman–Crippen MR) is 28.1 cm³/mol. The number of epoxide rings is 1. The number of fused-ring (bicyclic) bond motifs is 1. The summed E-state index contributed by atoms with van der Waals surface area (Å²) >= 11 is 0. The summed E-state index contributed by atoms with van der Waals surface area (Å²) in [5, 5.41) is 11.3. The van der Waals surface area contributed by atoms with Crippen LogP contribution in [0.1, 0.15) is 0 Å². The molecule has 0 spiro atoms. The van der Waals surface area contributed by atoms with Crippen LogP contribution in [0.25, 0.3) is 0 Å². The van der Waals surface area contributed by atoms with Crippen molar-refractivity contribution in [1.82, 2.24) is 5.32 Å². The molecule has 4 heteroatoms. The van der Waals surface area contributed by atoms with Gasteiger partial charge >= 0.3 is 5.97 Å². The van der Waals surface area contributed by atoms with Gasteiger partial charge in [-0.2, -0.15) is 0 Å². The van der Waals surface area contributed by atoms with Gasteiger partial charge in [-0.15, -0.1) is 0 Å². The zero-order valence-electron chi connectivity index (χ0n) is 4.70. The van der Waals surface area contributed by atoms with E-state index in [1.165, 1.54) is 0 Å². The normalized spacial score (nSPS) is 46.4. The van der Waals surface area contributed by atoms with E-state index in [4.69, 9.17) is 9.84 Å². The molecule has 2 aliphatic rings. The summed E-state index contributed by atoms with van der Waals surface area (Å²) in [6.07, 6.45) is 0.147. The van der Waals surface area contributed by atoms with Gasteiger partial charge in [-0.05, 0) is 0 Å². The van der Waals surface area contributed by atoms with Gasteiger partial charge in [0.1, 0.15) is 12.1 Å². The van der Waals surface area contributed by atoms with Crippen LogP contribution in [0.3, 0.4) is 0 Å². The molecule has 2 aliphatic heterocycles. The molecule has 2 rings (SSSR count). The molecule has 0 radical (unpaired) electrons. The van der Waals surface area contributed by atoms with Crippen LogP contribution in [0.4, 0.5) is 0 Å². The van der Waals surface area contributed by atoms with Gasteiger partial charge in [0.2, 0.25) is 0 Å². The number of carbonyl (C=O) groups is 1. The molecule has 0 aromatic heterocycles. The second-order valence-electron chi connectivity index (χ2n) is 2.36. The van der Waals surface area contributed by atoms with Crippen molar-refractivity contribution in [2.24, 2.45) is 0 Å². The molecule has 2 saturated heterocycles. The maximum absolute atomic E-state index is 10.3. The van der Waals surface area contributed by atoms with Crippen molar-refractivity contribution in [1.29, 1.82) is 0 Å². The molecule has 2 heterocycles. The molecule has 9 heavy (non-hydrogen) atoms. The summed E-state index contributed by atoms with van der Waals surface area (Å²) in [7, 11) is 0. The summed E-state index contributed by atoms with van der Waals surface area (Å²) in [4.78, 5) is 10.3. The number of carboxylic acid groups (broad SMARTS) is 1. The average Bonchev–Trinajstić information content (AvgIpc) is 2.43. The second kappa shape index (κ2) is 1.46. The van der Waals surface area contributed by atoms with Crippen molar-refractivity contribution in [2.75, 3.05) is 6.54 Å². The summed E-state index contributed by atoms with van der Waals surface area (Å²) < 4.78 is 4.98. The van der Waals surface area contributed by atoms with Crippen LogP contribution in [-0.4, -0.2) is 35.9 Å². The standard InChI is InChI=1S/C5H7NO3/c7-5(8)3-4-2(9-4)1-6-3/h2-4,6H,1H2,(H,7,8)/t2?,3-,4?/m0/s1. The van der Waals surface area contributed by atoms with Gasteiger partial charge in [-0.1, -0.05) is 0 Å². The molecule has 50 valence electrons. The number of rotatable bonds is 1. The van der Waals surface area contributed by atoms with Crippen molar-refractivity contribution in [3.63, 3.8) is 0 Å². The number of morpholine rings is 1. The maximum atomic E-state index is 10.3. The van der Waals surface area contributed by atoms with E-state index < -0.39 is 12.0 Å². The van der Waals surface area contributed by atoms with E-state index in [9.17, 15) is 4.79 Å². The van der Waals surface area contributed by atoms with Crippen LogP contribution in [0, 0.1) is 0 Å². The third kappa shape index (κ3) is 0.635. The Morgan fingerprint density at radius 1 is 1.78 bits per heavy atom. The first kappa shape index (κ1) is 5.20. The highest BCUT2D eigenvalue weighted by Crippen LogP contribution is 2.29. The van der Waals surface area contributed by atoms with Gasteiger partial charge < -0.3 is 9.84 Å². The molecular weight excluding hydrogens is 122 g/mol. The summed E-state index contributed by atoms with van der Waals surface area (Å²) in [5.74, 6) is -0.806. The molecule has 0 aromatic carbocycles. The average molecular weight is 129 g/mol. The number of hydrogen-bond acceptors (Lipinski definition) is 3. The van der Waals surface area contributed by atoms with Crippen molar-refractivity contribution >= 4 is 5.97 Å². The van der Waals surface area contributed by atoms with Gasteiger partial charge in [-0.25, -0.2) is 0 Å². The lowest BCUT2D eigenvalue weighted by Crippen LogP contribution is -2.36. The van der Waals surface area contributed by atoms with E-state index in [0.29, 0.717) is 6.54 Å². The first-order chi connectivity index (χ1) is 4.29. The molecule has 2 N–H and O–H groups in total. The first-order valence-corrected chi connectivity index (χ1v) is 2.90. The number of aliphatic carboxylic acids is 1. The zero-order chi connectivity index (χ0) is 6.43. The third-order valence-electron chi connectivity index (χ3n) is 1.76. The Kier molecular flexibility index (Phi) is 0.841. The predicted octanol–water partition coefficient (Wildman–Crippen LogP) is -1.19. The molecule has 2 fully saturated rings. The molecule has 4 nitrogen and oxygen atoms in total. The largest absolute Gasteiger partial charge is 0.480 e. The second-order valence-corrected chi connectivity index (χ2v) is 2.36. The number of ether oxygens (including phenoxy) is 1. The molecule has 2 unspecified atom stereocenters. The van der Waals surface area contributed by atoms with Gasteiger partial charge in [0.15, 0.2) is 0 Å². The van der Waals surface area contributed by atoms with E-state index in [1.54, 1.807) is 0 Å². The lowest BCUT2D eigenvalue weighted by molar-refractivity contribution is -0.139. The highest BCUT2D eigenvalue weighted by molar-refractivity contribution is 5.75. The highest BCUT2D eigenvalue weighted by atomic mass is 16.6. The number of nitrogens with one attached hydrogen (secondary N) is 1. The minimum atomic E-state index is -0.806. The van der Waals surface area contributed by atoms with Crippen LogP contribution in [0.15, 0.2) is 0 Å². The Balaban J connectivity index is 2.06.